The Balaban J connectivity index is 1.98. The van der Waals surface area contributed by atoms with Gasteiger partial charge in [-0.25, -0.2) is 0 Å². The van der Waals surface area contributed by atoms with Gasteiger partial charge in [-0.05, 0) is 24.1 Å². The maximum atomic E-state index is 11.4. The zero-order valence-corrected chi connectivity index (χ0v) is 10.7. The van der Waals surface area contributed by atoms with Gasteiger partial charge < -0.3 is 4.74 Å². The molecule has 0 N–H and O–H groups in total. The number of carbonyl (C=O) groups excluding carboxylic acids is 1. The smallest absolute Gasteiger partial charge is 0.323 e. The molecule has 1 atom stereocenters. The van der Waals surface area contributed by atoms with Crippen molar-refractivity contribution in [3.05, 3.63) is 34.3 Å². The van der Waals surface area contributed by atoms with Crippen molar-refractivity contribution in [1.82, 2.24) is 4.90 Å². The van der Waals surface area contributed by atoms with Gasteiger partial charge in [0.15, 0.2) is 0 Å². The van der Waals surface area contributed by atoms with Gasteiger partial charge in [0, 0.05) is 17.6 Å². The van der Waals surface area contributed by atoms with Crippen molar-refractivity contribution >= 4 is 21.9 Å². The Bertz CT molecular complexity index is 394. The van der Waals surface area contributed by atoms with Crippen LogP contribution >= 0.6 is 15.9 Å². The minimum atomic E-state index is -0.124. The normalized spacial score (nSPS) is 20.2. The molecular weight excluding hydrogens is 270 g/mol. The van der Waals surface area contributed by atoms with Crippen molar-refractivity contribution in [2.75, 3.05) is 13.7 Å². The highest BCUT2D eigenvalue weighted by molar-refractivity contribution is 9.10. The number of hydrogen-bond acceptors (Lipinski definition) is 3. The van der Waals surface area contributed by atoms with E-state index in [0.29, 0.717) is 0 Å². The van der Waals surface area contributed by atoms with E-state index < -0.39 is 0 Å². The van der Waals surface area contributed by atoms with Crippen LogP contribution < -0.4 is 0 Å². The summed E-state index contributed by atoms with van der Waals surface area (Å²) < 4.78 is 5.83. The Kier molecular flexibility index (Phi) is 3.61. The molecule has 0 aliphatic carbocycles. The second-order valence-corrected chi connectivity index (χ2v) is 4.84. The topological polar surface area (TPSA) is 29.5 Å². The summed E-state index contributed by atoms with van der Waals surface area (Å²) in [5.74, 6) is -0.124. The molecule has 1 aliphatic heterocycles. The van der Waals surface area contributed by atoms with Crippen LogP contribution in [0.5, 0.6) is 0 Å². The fraction of sp³-hybridized carbons (Fsp3) is 0.417. The monoisotopic (exact) mass is 283 g/mol. The van der Waals surface area contributed by atoms with E-state index >= 15 is 0 Å². The number of hydrogen-bond donors (Lipinski definition) is 0. The first-order valence-corrected chi connectivity index (χ1v) is 6.06. The van der Waals surface area contributed by atoms with Crippen molar-refractivity contribution in [3.63, 3.8) is 0 Å². The lowest BCUT2D eigenvalue weighted by Gasteiger charge is -2.38. The Labute approximate surface area is 104 Å². The highest BCUT2D eigenvalue weighted by atomic mass is 79.9. The van der Waals surface area contributed by atoms with Gasteiger partial charge >= 0.3 is 5.97 Å². The van der Waals surface area contributed by atoms with Gasteiger partial charge in [-0.1, -0.05) is 28.1 Å². The van der Waals surface area contributed by atoms with Gasteiger partial charge in [0.2, 0.25) is 0 Å². The molecule has 1 aromatic rings. The summed E-state index contributed by atoms with van der Waals surface area (Å²) in [7, 11) is 1.44. The lowest BCUT2D eigenvalue weighted by molar-refractivity contribution is -0.152. The number of nitrogens with zero attached hydrogens (tertiary/aromatic N) is 1. The van der Waals surface area contributed by atoms with E-state index in [9.17, 15) is 4.79 Å². The van der Waals surface area contributed by atoms with Crippen LogP contribution in [0, 0.1) is 0 Å². The molecule has 2 rings (SSSR count). The maximum absolute atomic E-state index is 11.4. The Morgan fingerprint density at radius 2 is 2.44 bits per heavy atom. The molecular formula is C12H14BrNO2. The minimum absolute atomic E-state index is 0.0519. The number of ether oxygens (including phenoxy) is 1. The van der Waals surface area contributed by atoms with E-state index in [-0.39, 0.29) is 12.0 Å². The number of halogens is 1. The predicted octanol–water partition coefficient (Wildman–Crippen LogP) is 2.20. The van der Waals surface area contributed by atoms with E-state index in [4.69, 9.17) is 4.74 Å². The quantitative estimate of drug-likeness (QED) is 0.797. The lowest BCUT2D eigenvalue weighted by Crippen LogP contribution is -2.52. The molecule has 1 aromatic carbocycles. The molecule has 3 nitrogen and oxygen atoms in total. The predicted molar refractivity (Wildman–Crippen MR) is 65.0 cm³/mol. The number of methoxy groups -OCH3 is 1. The van der Waals surface area contributed by atoms with E-state index in [1.54, 1.807) is 0 Å². The second-order valence-electron chi connectivity index (χ2n) is 3.93. The molecule has 0 radical (unpaired) electrons. The maximum Gasteiger partial charge on any atom is 0.323 e. The largest absolute Gasteiger partial charge is 0.468 e. The van der Waals surface area contributed by atoms with Crippen molar-refractivity contribution in [2.45, 2.75) is 19.0 Å². The van der Waals surface area contributed by atoms with Crippen LogP contribution in [0.1, 0.15) is 12.0 Å². The third kappa shape index (κ3) is 2.44. The average molecular weight is 284 g/mol. The van der Waals surface area contributed by atoms with Gasteiger partial charge in [0.25, 0.3) is 0 Å². The van der Waals surface area contributed by atoms with Crippen molar-refractivity contribution in [1.29, 1.82) is 0 Å². The van der Waals surface area contributed by atoms with Crippen LogP contribution in [-0.4, -0.2) is 30.6 Å². The van der Waals surface area contributed by atoms with Crippen LogP contribution in [0.25, 0.3) is 0 Å². The first-order valence-electron chi connectivity index (χ1n) is 5.27. The minimum Gasteiger partial charge on any atom is -0.468 e. The fourth-order valence-corrected chi connectivity index (χ4v) is 2.35. The fourth-order valence-electron chi connectivity index (χ4n) is 1.90. The SMILES string of the molecule is COC(=O)[C@H]1CCN1Cc1cccc(Br)c1. The third-order valence-electron chi connectivity index (χ3n) is 2.88. The molecule has 1 fully saturated rings. The molecule has 0 spiro atoms. The van der Waals surface area contributed by atoms with Crippen LogP contribution in [0.2, 0.25) is 0 Å². The standard InChI is InChI=1S/C12H14BrNO2/c1-16-12(15)11-5-6-14(11)8-9-3-2-4-10(13)7-9/h2-4,7,11H,5-6,8H2,1H3/t11-/m1/s1. The third-order valence-corrected chi connectivity index (χ3v) is 3.37. The lowest BCUT2D eigenvalue weighted by atomic mass is 10.0. The Morgan fingerprint density at radius 3 is 3.00 bits per heavy atom. The van der Waals surface area contributed by atoms with Crippen molar-refractivity contribution < 1.29 is 9.53 Å². The van der Waals surface area contributed by atoms with E-state index in [0.717, 1.165) is 24.0 Å². The number of benzene rings is 1. The molecule has 16 heavy (non-hydrogen) atoms. The van der Waals surface area contributed by atoms with Crippen LogP contribution in [0.3, 0.4) is 0 Å². The van der Waals surface area contributed by atoms with Crippen LogP contribution in [0.4, 0.5) is 0 Å². The van der Waals surface area contributed by atoms with Gasteiger partial charge in [-0.3, -0.25) is 9.69 Å². The molecule has 0 bridgehead atoms. The Morgan fingerprint density at radius 1 is 1.62 bits per heavy atom. The highest BCUT2D eigenvalue weighted by Crippen LogP contribution is 2.22. The van der Waals surface area contributed by atoms with Gasteiger partial charge in [0.1, 0.15) is 6.04 Å². The molecule has 0 unspecified atom stereocenters. The zero-order valence-electron chi connectivity index (χ0n) is 9.15. The van der Waals surface area contributed by atoms with Gasteiger partial charge in [-0.2, -0.15) is 0 Å². The van der Waals surface area contributed by atoms with Crippen molar-refractivity contribution in [2.24, 2.45) is 0 Å². The van der Waals surface area contributed by atoms with E-state index in [1.165, 1.54) is 12.7 Å². The summed E-state index contributed by atoms with van der Waals surface area (Å²) in [6.45, 7) is 1.77. The van der Waals surface area contributed by atoms with Gasteiger partial charge in [0.05, 0.1) is 7.11 Å². The van der Waals surface area contributed by atoms with Gasteiger partial charge in [-0.15, -0.1) is 0 Å². The van der Waals surface area contributed by atoms with Crippen LogP contribution in [-0.2, 0) is 16.1 Å². The average Bonchev–Trinajstić information content (AvgIpc) is 2.24. The summed E-state index contributed by atoms with van der Waals surface area (Å²) >= 11 is 3.44. The second kappa shape index (κ2) is 4.97. The highest BCUT2D eigenvalue weighted by Gasteiger charge is 2.34. The first-order chi connectivity index (χ1) is 7.70. The summed E-state index contributed by atoms with van der Waals surface area (Å²) in [4.78, 5) is 13.5. The summed E-state index contributed by atoms with van der Waals surface area (Å²) in [6.07, 6.45) is 0.903. The Hall–Kier alpha value is -0.870. The van der Waals surface area contributed by atoms with Crippen LogP contribution in [0.15, 0.2) is 28.7 Å². The zero-order chi connectivity index (χ0) is 11.5. The number of esters is 1. The summed E-state index contributed by atoms with van der Waals surface area (Å²) in [6, 6.07) is 8.09. The molecule has 0 aromatic heterocycles. The number of rotatable bonds is 3. The number of likely N-dealkylation sites (tertiary alicyclic amines) is 1. The molecule has 0 amide bonds. The molecule has 86 valence electrons. The van der Waals surface area contributed by atoms with E-state index in [1.807, 2.05) is 12.1 Å². The molecule has 1 heterocycles. The van der Waals surface area contributed by atoms with Crippen molar-refractivity contribution in [3.8, 4) is 0 Å². The molecule has 1 saturated heterocycles. The number of carbonyl (C=O) groups is 1. The first kappa shape index (κ1) is 11.6. The molecule has 0 saturated carbocycles. The summed E-state index contributed by atoms with van der Waals surface area (Å²) in [5, 5.41) is 0. The molecule has 4 heteroatoms. The molecule has 1 aliphatic rings. The summed E-state index contributed by atoms with van der Waals surface area (Å²) in [5.41, 5.74) is 1.21. The van der Waals surface area contributed by atoms with E-state index in [2.05, 4.69) is 33.0 Å².